The van der Waals surface area contributed by atoms with Crippen molar-refractivity contribution in [2.75, 3.05) is 6.61 Å². The van der Waals surface area contributed by atoms with Crippen LogP contribution in [-0.2, 0) is 4.79 Å². The summed E-state index contributed by atoms with van der Waals surface area (Å²) in [4.78, 5) is 10.2. The maximum Gasteiger partial charge on any atom is 0.341 e. The number of pyridine rings is 1. The van der Waals surface area contributed by atoms with Crippen LogP contribution in [0.4, 0.5) is 0 Å². The zero-order chi connectivity index (χ0) is 9.97. The van der Waals surface area contributed by atoms with Gasteiger partial charge in [0.1, 0.15) is 5.75 Å². The molecule has 72 valence electrons. The van der Waals surface area contributed by atoms with E-state index in [-0.39, 0.29) is 6.61 Å². The molecule has 0 radical (unpaired) electrons. The van der Waals surface area contributed by atoms with Crippen molar-refractivity contribution in [3.63, 3.8) is 0 Å². The highest BCUT2D eigenvalue weighted by Crippen LogP contribution is 2.13. The number of hydrogen-bond donors (Lipinski definition) is 1. The summed E-state index contributed by atoms with van der Waals surface area (Å²) in [5.41, 5.74) is 0.868. The van der Waals surface area contributed by atoms with E-state index in [0.717, 1.165) is 5.52 Å². The van der Waals surface area contributed by atoms with Crippen molar-refractivity contribution in [1.29, 1.82) is 0 Å². The Labute approximate surface area is 79.5 Å². The fraction of sp³-hybridized carbons (Fsp3) is 0.111. The molecule has 0 unspecified atom stereocenters. The summed E-state index contributed by atoms with van der Waals surface area (Å²) in [5, 5.41) is 12.4. The van der Waals surface area contributed by atoms with Crippen molar-refractivity contribution < 1.29 is 14.6 Å². The maximum absolute atomic E-state index is 10.2. The highest BCUT2D eigenvalue weighted by molar-refractivity contribution is 5.68. The third-order valence-corrected chi connectivity index (χ3v) is 1.73. The second-order valence-corrected chi connectivity index (χ2v) is 2.75. The molecule has 0 aliphatic rings. The fourth-order valence-electron chi connectivity index (χ4n) is 1.14. The van der Waals surface area contributed by atoms with Crippen LogP contribution in [0, 0.1) is 0 Å². The van der Waals surface area contributed by atoms with Crippen LogP contribution in [0.15, 0.2) is 30.6 Å². The number of aromatic nitrogens is 2. The van der Waals surface area contributed by atoms with Gasteiger partial charge in [0.25, 0.3) is 0 Å². The second-order valence-electron chi connectivity index (χ2n) is 2.75. The van der Waals surface area contributed by atoms with E-state index in [0.29, 0.717) is 5.75 Å². The molecule has 2 heterocycles. The predicted molar refractivity (Wildman–Crippen MR) is 48.3 cm³/mol. The lowest BCUT2D eigenvalue weighted by molar-refractivity contribution is -0.139. The standard InChI is InChI=1S/C9H8N2O3/c12-9(13)6-14-8-2-4-11-7(5-8)1-3-10-11/h1-5H,6H2,(H,12,13). The van der Waals surface area contributed by atoms with Gasteiger partial charge in [0.05, 0.1) is 5.52 Å². The second kappa shape index (κ2) is 3.37. The SMILES string of the molecule is O=C(O)COc1ccn2nccc2c1. The van der Waals surface area contributed by atoms with Crippen molar-refractivity contribution in [3.8, 4) is 5.75 Å². The fourth-order valence-corrected chi connectivity index (χ4v) is 1.14. The minimum absolute atomic E-state index is 0.329. The molecule has 0 aromatic carbocycles. The Morgan fingerprint density at radius 1 is 1.57 bits per heavy atom. The molecule has 0 saturated heterocycles. The number of rotatable bonds is 3. The average molecular weight is 192 g/mol. The largest absolute Gasteiger partial charge is 0.482 e. The minimum atomic E-state index is -0.988. The molecular weight excluding hydrogens is 184 g/mol. The first-order valence-corrected chi connectivity index (χ1v) is 4.04. The zero-order valence-electron chi connectivity index (χ0n) is 7.25. The Hall–Kier alpha value is -2.04. The van der Waals surface area contributed by atoms with Crippen LogP contribution < -0.4 is 4.74 Å². The van der Waals surface area contributed by atoms with Crippen LogP contribution in [0.1, 0.15) is 0 Å². The smallest absolute Gasteiger partial charge is 0.341 e. The summed E-state index contributed by atoms with van der Waals surface area (Å²) in [6, 6.07) is 5.21. The van der Waals surface area contributed by atoms with Gasteiger partial charge in [-0.3, -0.25) is 0 Å². The van der Waals surface area contributed by atoms with E-state index in [9.17, 15) is 4.79 Å². The van der Waals surface area contributed by atoms with Crippen LogP contribution in [0.3, 0.4) is 0 Å². The Balaban J connectivity index is 2.21. The van der Waals surface area contributed by atoms with Gasteiger partial charge in [0, 0.05) is 18.5 Å². The lowest BCUT2D eigenvalue weighted by atomic mass is 10.4. The van der Waals surface area contributed by atoms with E-state index in [1.807, 2.05) is 6.07 Å². The van der Waals surface area contributed by atoms with Crippen LogP contribution in [-0.4, -0.2) is 27.3 Å². The average Bonchev–Trinajstić information content (AvgIpc) is 2.61. The third-order valence-electron chi connectivity index (χ3n) is 1.73. The summed E-state index contributed by atoms with van der Waals surface area (Å²) in [6.45, 7) is -0.329. The van der Waals surface area contributed by atoms with Crippen LogP contribution in [0.25, 0.3) is 5.52 Å². The number of carboxylic acid groups (broad SMARTS) is 1. The van der Waals surface area contributed by atoms with Gasteiger partial charge in [0.15, 0.2) is 6.61 Å². The molecular formula is C9H8N2O3. The molecule has 0 spiro atoms. The number of fused-ring (bicyclic) bond motifs is 1. The van der Waals surface area contributed by atoms with Gasteiger partial charge < -0.3 is 9.84 Å². The van der Waals surface area contributed by atoms with Gasteiger partial charge in [-0.25, -0.2) is 9.31 Å². The van der Waals surface area contributed by atoms with Crippen molar-refractivity contribution in [2.24, 2.45) is 0 Å². The Morgan fingerprint density at radius 2 is 2.43 bits per heavy atom. The van der Waals surface area contributed by atoms with Gasteiger partial charge in [-0.15, -0.1) is 0 Å². The normalized spacial score (nSPS) is 10.3. The summed E-state index contributed by atoms with van der Waals surface area (Å²) in [6.07, 6.45) is 3.38. The molecule has 1 N–H and O–H groups in total. The first-order chi connectivity index (χ1) is 6.75. The monoisotopic (exact) mass is 192 g/mol. The summed E-state index contributed by atoms with van der Waals surface area (Å²) in [7, 11) is 0. The lowest BCUT2D eigenvalue weighted by Crippen LogP contribution is -2.09. The molecule has 5 nitrogen and oxygen atoms in total. The molecule has 0 saturated carbocycles. The number of hydrogen-bond acceptors (Lipinski definition) is 3. The number of carbonyl (C=O) groups is 1. The van der Waals surface area contributed by atoms with Gasteiger partial charge in [-0.05, 0) is 12.1 Å². The maximum atomic E-state index is 10.2. The van der Waals surface area contributed by atoms with E-state index < -0.39 is 5.97 Å². The number of nitrogens with zero attached hydrogens (tertiary/aromatic N) is 2. The third kappa shape index (κ3) is 1.66. The van der Waals surface area contributed by atoms with Crippen LogP contribution in [0.2, 0.25) is 0 Å². The molecule has 0 atom stereocenters. The Kier molecular flexibility index (Phi) is 2.06. The molecule has 2 rings (SSSR count). The van der Waals surface area contributed by atoms with E-state index in [4.69, 9.17) is 9.84 Å². The van der Waals surface area contributed by atoms with Gasteiger partial charge in [-0.1, -0.05) is 0 Å². The minimum Gasteiger partial charge on any atom is -0.482 e. The predicted octanol–water partition coefficient (Wildman–Crippen LogP) is 0.798. The first kappa shape index (κ1) is 8.55. The van der Waals surface area contributed by atoms with Crippen LogP contribution in [0.5, 0.6) is 5.75 Å². The highest BCUT2D eigenvalue weighted by Gasteiger charge is 2.00. The molecule has 0 fully saturated rings. The Morgan fingerprint density at radius 3 is 3.21 bits per heavy atom. The number of ether oxygens (including phenoxy) is 1. The van der Waals surface area contributed by atoms with Crippen molar-refractivity contribution in [2.45, 2.75) is 0 Å². The van der Waals surface area contributed by atoms with Gasteiger partial charge in [0.2, 0.25) is 0 Å². The molecule has 0 bridgehead atoms. The van der Waals surface area contributed by atoms with Crippen molar-refractivity contribution in [3.05, 3.63) is 30.6 Å². The van der Waals surface area contributed by atoms with Gasteiger partial charge >= 0.3 is 5.97 Å². The van der Waals surface area contributed by atoms with Crippen molar-refractivity contribution >= 4 is 11.5 Å². The van der Waals surface area contributed by atoms with E-state index in [1.165, 1.54) is 0 Å². The summed E-state index contributed by atoms with van der Waals surface area (Å²) >= 11 is 0. The zero-order valence-corrected chi connectivity index (χ0v) is 7.25. The molecule has 2 aromatic heterocycles. The molecule has 0 amide bonds. The van der Waals surface area contributed by atoms with E-state index in [2.05, 4.69) is 5.10 Å². The quantitative estimate of drug-likeness (QED) is 0.781. The molecule has 14 heavy (non-hydrogen) atoms. The number of carboxylic acids is 1. The molecule has 0 aliphatic heterocycles. The van der Waals surface area contributed by atoms with E-state index in [1.54, 1.807) is 29.0 Å². The lowest BCUT2D eigenvalue weighted by Gasteiger charge is -2.02. The van der Waals surface area contributed by atoms with E-state index >= 15 is 0 Å². The summed E-state index contributed by atoms with van der Waals surface area (Å²) in [5.74, 6) is -0.459. The highest BCUT2D eigenvalue weighted by atomic mass is 16.5. The van der Waals surface area contributed by atoms with Crippen LogP contribution >= 0.6 is 0 Å². The molecule has 5 heteroatoms. The number of aliphatic carboxylic acids is 1. The van der Waals surface area contributed by atoms with Crippen molar-refractivity contribution in [1.82, 2.24) is 9.61 Å². The molecule has 2 aromatic rings. The summed E-state index contributed by atoms with van der Waals surface area (Å²) < 4.78 is 6.68. The Bertz CT molecular complexity index is 464. The first-order valence-electron chi connectivity index (χ1n) is 4.04. The topological polar surface area (TPSA) is 63.8 Å². The molecule has 0 aliphatic carbocycles. The van der Waals surface area contributed by atoms with Gasteiger partial charge in [-0.2, -0.15) is 5.10 Å².